The van der Waals surface area contributed by atoms with Gasteiger partial charge in [-0.15, -0.1) is 23.1 Å². The van der Waals surface area contributed by atoms with E-state index in [1.165, 1.54) is 0 Å². The zero-order chi connectivity index (χ0) is 21.5. The summed E-state index contributed by atoms with van der Waals surface area (Å²) in [5.41, 5.74) is 2.37. The van der Waals surface area contributed by atoms with Gasteiger partial charge in [0.05, 0.1) is 22.3 Å². The maximum Gasteiger partial charge on any atom is 0.338 e. The van der Waals surface area contributed by atoms with Crippen LogP contribution in [0.5, 0.6) is 0 Å². The van der Waals surface area contributed by atoms with E-state index in [0.29, 0.717) is 10.6 Å². The van der Waals surface area contributed by atoms with E-state index in [1.54, 1.807) is 47.4 Å². The molecular weight excluding hydrogens is 440 g/mol. The number of hydrogen-bond acceptors (Lipinski definition) is 6. The predicted molar refractivity (Wildman–Crippen MR) is 121 cm³/mol. The molecule has 0 saturated heterocycles. The first kappa shape index (κ1) is 22.3. The predicted octanol–water partition coefficient (Wildman–Crippen LogP) is 5.43. The Morgan fingerprint density at radius 2 is 1.87 bits per heavy atom. The Hall–Kier alpha value is -2.35. The van der Waals surface area contributed by atoms with Crippen molar-refractivity contribution in [2.45, 2.75) is 30.5 Å². The van der Waals surface area contributed by atoms with Crippen LogP contribution < -0.4 is 5.32 Å². The standard InChI is InChI=1S/C22H21ClN2O3S2/c1-14(16-3-7-18(23)8-4-16)24-21(26)11-28-22(27)17-5-9-20(10-6-17)30-13-19-12-29-15(2)25-19/h3-10,12,14H,11,13H2,1-2H3,(H,24,26). The van der Waals surface area contributed by atoms with E-state index in [2.05, 4.69) is 10.3 Å². The summed E-state index contributed by atoms with van der Waals surface area (Å²) in [6, 6.07) is 14.1. The molecule has 0 saturated carbocycles. The number of carbonyl (C=O) groups is 2. The smallest absolute Gasteiger partial charge is 0.338 e. The number of aryl methyl sites for hydroxylation is 1. The molecule has 156 valence electrons. The Morgan fingerprint density at radius 1 is 1.17 bits per heavy atom. The number of carbonyl (C=O) groups excluding carboxylic acids is 2. The van der Waals surface area contributed by atoms with Gasteiger partial charge >= 0.3 is 5.97 Å². The largest absolute Gasteiger partial charge is 0.452 e. The fourth-order valence-electron chi connectivity index (χ4n) is 2.65. The molecular formula is C22H21ClN2O3S2. The second-order valence-electron chi connectivity index (χ2n) is 6.59. The molecule has 1 heterocycles. The Morgan fingerprint density at radius 3 is 2.50 bits per heavy atom. The van der Waals surface area contributed by atoms with E-state index in [9.17, 15) is 9.59 Å². The minimum atomic E-state index is -0.532. The van der Waals surface area contributed by atoms with Gasteiger partial charge < -0.3 is 10.1 Å². The maximum atomic E-state index is 12.2. The van der Waals surface area contributed by atoms with Gasteiger partial charge in [0.2, 0.25) is 0 Å². The number of nitrogens with zero attached hydrogens (tertiary/aromatic N) is 1. The third-order valence-corrected chi connectivity index (χ3v) is 6.35. The molecule has 30 heavy (non-hydrogen) atoms. The van der Waals surface area contributed by atoms with Crippen LogP contribution in [0.1, 0.15) is 39.6 Å². The van der Waals surface area contributed by atoms with Crippen LogP contribution in [-0.2, 0) is 15.3 Å². The number of thiazole rings is 1. The highest BCUT2D eigenvalue weighted by atomic mass is 35.5. The molecule has 1 aromatic heterocycles. The number of benzene rings is 2. The third-order valence-electron chi connectivity index (χ3n) is 4.23. The van der Waals surface area contributed by atoms with Gasteiger partial charge in [-0.05, 0) is 55.8 Å². The van der Waals surface area contributed by atoms with Gasteiger partial charge in [0.15, 0.2) is 6.61 Å². The third kappa shape index (κ3) is 6.58. The maximum absolute atomic E-state index is 12.2. The molecule has 0 spiro atoms. The number of nitrogens with one attached hydrogen (secondary N) is 1. The van der Waals surface area contributed by atoms with Gasteiger partial charge in [0.1, 0.15) is 0 Å². The summed E-state index contributed by atoms with van der Waals surface area (Å²) in [6.07, 6.45) is 0. The number of esters is 1. The molecule has 3 aromatic rings. The van der Waals surface area contributed by atoms with Crippen molar-refractivity contribution in [3.05, 3.63) is 80.8 Å². The Balaban J connectivity index is 1.44. The lowest BCUT2D eigenvalue weighted by atomic mass is 10.1. The van der Waals surface area contributed by atoms with Crippen molar-refractivity contribution in [1.82, 2.24) is 10.3 Å². The number of rotatable bonds is 8. The molecule has 3 rings (SSSR count). The topological polar surface area (TPSA) is 68.3 Å². The van der Waals surface area contributed by atoms with Crippen LogP contribution in [-0.4, -0.2) is 23.5 Å². The molecule has 0 bridgehead atoms. The molecule has 0 fully saturated rings. The number of halogens is 1. The number of thioether (sulfide) groups is 1. The summed E-state index contributed by atoms with van der Waals surface area (Å²) < 4.78 is 5.13. The van der Waals surface area contributed by atoms with E-state index in [1.807, 2.05) is 43.5 Å². The molecule has 1 unspecified atom stereocenters. The van der Waals surface area contributed by atoms with Crippen molar-refractivity contribution in [3.8, 4) is 0 Å². The Kier molecular flexibility index (Phi) is 7.90. The summed E-state index contributed by atoms with van der Waals surface area (Å²) in [5, 5.41) is 6.53. The van der Waals surface area contributed by atoms with E-state index in [4.69, 9.17) is 16.3 Å². The number of aromatic nitrogens is 1. The van der Waals surface area contributed by atoms with Crippen LogP contribution in [0.4, 0.5) is 0 Å². The normalized spacial score (nSPS) is 11.7. The molecule has 0 aliphatic carbocycles. The van der Waals surface area contributed by atoms with E-state index >= 15 is 0 Å². The number of ether oxygens (including phenoxy) is 1. The van der Waals surface area contributed by atoms with E-state index in [-0.39, 0.29) is 18.6 Å². The summed E-state index contributed by atoms with van der Waals surface area (Å²) in [7, 11) is 0. The second kappa shape index (κ2) is 10.6. The van der Waals surface area contributed by atoms with Crippen molar-refractivity contribution >= 4 is 46.6 Å². The van der Waals surface area contributed by atoms with Crippen LogP contribution in [0.25, 0.3) is 0 Å². The van der Waals surface area contributed by atoms with Gasteiger partial charge in [0.25, 0.3) is 5.91 Å². The second-order valence-corrected chi connectivity index (χ2v) is 9.14. The van der Waals surface area contributed by atoms with Gasteiger partial charge in [-0.1, -0.05) is 23.7 Å². The molecule has 1 N–H and O–H groups in total. The number of hydrogen-bond donors (Lipinski definition) is 1. The zero-order valence-corrected chi connectivity index (χ0v) is 18.9. The minimum absolute atomic E-state index is 0.216. The van der Waals surface area contributed by atoms with Crippen molar-refractivity contribution in [1.29, 1.82) is 0 Å². The molecule has 1 amide bonds. The molecule has 2 aromatic carbocycles. The van der Waals surface area contributed by atoms with Crippen molar-refractivity contribution in [3.63, 3.8) is 0 Å². The Bertz CT molecular complexity index is 1000. The lowest BCUT2D eigenvalue weighted by Gasteiger charge is -2.14. The van der Waals surface area contributed by atoms with Crippen LogP contribution >= 0.6 is 34.7 Å². The van der Waals surface area contributed by atoms with E-state index in [0.717, 1.165) is 26.9 Å². The Labute approximate surface area is 188 Å². The first-order valence-electron chi connectivity index (χ1n) is 9.26. The molecule has 1 atom stereocenters. The van der Waals surface area contributed by atoms with Gasteiger partial charge in [-0.3, -0.25) is 4.79 Å². The highest BCUT2D eigenvalue weighted by Gasteiger charge is 2.13. The van der Waals surface area contributed by atoms with Crippen molar-refractivity contribution in [2.24, 2.45) is 0 Å². The summed E-state index contributed by atoms with van der Waals surface area (Å²) in [5.74, 6) is -0.118. The lowest BCUT2D eigenvalue weighted by Crippen LogP contribution is -2.31. The van der Waals surface area contributed by atoms with Gasteiger partial charge in [-0.25, -0.2) is 9.78 Å². The fourth-order valence-corrected chi connectivity index (χ4v) is 4.29. The molecule has 0 aliphatic heterocycles. The minimum Gasteiger partial charge on any atom is -0.452 e. The van der Waals surface area contributed by atoms with Crippen LogP contribution in [0.15, 0.2) is 58.8 Å². The highest BCUT2D eigenvalue weighted by Crippen LogP contribution is 2.24. The molecule has 8 heteroatoms. The molecule has 5 nitrogen and oxygen atoms in total. The lowest BCUT2D eigenvalue weighted by molar-refractivity contribution is -0.124. The van der Waals surface area contributed by atoms with Gasteiger partial charge in [-0.2, -0.15) is 0 Å². The zero-order valence-electron chi connectivity index (χ0n) is 16.6. The quantitative estimate of drug-likeness (QED) is 0.358. The van der Waals surface area contributed by atoms with E-state index < -0.39 is 5.97 Å². The van der Waals surface area contributed by atoms with Crippen LogP contribution in [0.3, 0.4) is 0 Å². The average Bonchev–Trinajstić information content (AvgIpc) is 3.16. The van der Waals surface area contributed by atoms with Crippen molar-refractivity contribution < 1.29 is 14.3 Å². The molecule has 0 radical (unpaired) electrons. The molecule has 0 aliphatic rings. The summed E-state index contributed by atoms with van der Waals surface area (Å²) >= 11 is 9.16. The fraction of sp³-hybridized carbons (Fsp3) is 0.227. The van der Waals surface area contributed by atoms with Crippen LogP contribution in [0.2, 0.25) is 5.02 Å². The first-order valence-corrected chi connectivity index (χ1v) is 11.5. The first-order chi connectivity index (χ1) is 14.4. The highest BCUT2D eigenvalue weighted by molar-refractivity contribution is 7.98. The van der Waals surface area contributed by atoms with Gasteiger partial charge in [0, 0.05) is 21.1 Å². The number of amides is 1. The summed E-state index contributed by atoms with van der Waals surface area (Å²) in [4.78, 5) is 29.8. The monoisotopic (exact) mass is 460 g/mol. The summed E-state index contributed by atoms with van der Waals surface area (Å²) in [6.45, 7) is 3.50. The van der Waals surface area contributed by atoms with Crippen molar-refractivity contribution in [2.75, 3.05) is 6.61 Å². The average molecular weight is 461 g/mol. The van der Waals surface area contributed by atoms with Crippen LogP contribution in [0, 0.1) is 6.92 Å². The SMILES string of the molecule is Cc1nc(CSc2ccc(C(=O)OCC(=O)NC(C)c3ccc(Cl)cc3)cc2)cs1.